The summed E-state index contributed by atoms with van der Waals surface area (Å²) in [6.07, 6.45) is 9.45. The largest absolute Gasteiger partial charge is 0.313 e. The first-order valence-corrected chi connectivity index (χ1v) is 7.95. The number of rotatable bonds is 6. The van der Waals surface area contributed by atoms with Crippen LogP contribution in [-0.4, -0.2) is 24.6 Å². The molecular formula is C13H27NS. The van der Waals surface area contributed by atoms with Crippen molar-refractivity contribution in [1.82, 2.24) is 5.32 Å². The Morgan fingerprint density at radius 3 is 2.60 bits per heavy atom. The van der Waals surface area contributed by atoms with E-state index >= 15 is 0 Å². The highest BCUT2D eigenvalue weighted by molar-refractivity contribution is 7.98. The topological polar surface area (TPSA) is 12.0 Å². The minimum atomic E-state index is 0.759. The van der Waals surface area contributed by atoms with E-state index in [9.17, 15) is 0 Å². The second kappa shape index (κ2) is 7.56. The maximum atomic E-state index is 3.70. The third-order valence-corrected chi connectivity index (χ3v) is 4.51. The van der Waals surface area contributed by atoms with Crippen molar-refractivity contribution >= 4 is 11.8 Å². The summed E-state index contributed by atoms with van der Waals surface area (Å²) in [6.45, 7) is 5.72. The van der Waals surface area contributed by atoms with Crippen LogP contribution in [0.1, 0.15) is 46.0 Å². The minimum absolute atomic E-state index is 0.759. The zero-order valence-electron chi connectivity index (χ0n) is 10.6. The lowest BCUT2D eigenvalue weighted by Gasteiger charge is -2.37. The second-order valence-electron chi connectivity index (χ2n) is 4.74. The highest BCUT2D eigenvalue weighted by atomic mass is 32.2. The van der Waals surface area contributed by atoms with E-state index in [1.54, 1.807) is 0 Å². The van der Waals surface area contributed by atoms with E-state index < -0.39 is 0 Å². The van der Waals surface area contributed by atoms with Gasteiger partial charge in [0.2, 0.25) is 0 Å². The van der Waals surface area contributed by atoms with Gasteiger partial charge in [-0.2, -0.15) is 11.8 Å². The predicted molar refractivity (Wildman–Crippen MR) is 71.6 cm³/mol. The summed E-state index contributed by atoms with van der Waals surface area (Å²) in [5, 5.41) is 3.70. The van der Waals surface area contributed by atoms with Crippen LogP contribution in [0.5, 0.6) is 0 Å². The number of hydrogen-bond acceptors (Lipinski definition) is 2. The van der Waals surface area contributed by atoms with E-state index in [0.717, 1.165) is 24.4 Å². The molecule has 90 valence electrons. The normalized spacial score (nSPS) is 29.0. The number of thioether (sulfide) groups is 1. The first-order valence-electron chi connectivity index (χ1n) is 6.55. The molecule has 1 aliphatic rings. The van der Waals surface area contributed by atoms with Crippen molar-refractivity contribution in [1.29, 1.82) is 0 Å². The van der Waals surface area contributed by atoms with E-state index in [1.807, 2.05) is 11.8 Å². The molecule has 0 bridgehead atoms. The molecule has 0 saturated heterocycles. The lowest BCUT2D eigenvalue weighted by Crippen LogP contribution is -2.42. The van der Waals surface area contributed by atoms with E-state index in [1.165, 1.54) is 37.9 Å². The van der Waals surface area contributed by atoms with Gasteiger partial charge in [-0.1, -0.05) is 39.5 Å². The van der Waals surface area contributed by atoms with Gasteiger partial charge in [-0.05, 0) is 31.1 Å². The van der Waals surface area contributed by atoms with Crippen LogP contribution in [0, 0.1) is 11.8 Å². The van der Waals surface area contributed by atoms with Crippen molar-refractivity contribution in [3.63, 3.8) is 0 Å². The smallest absolute Gasteiger partial charge is 0.0188 e. The fourth-order valence-corrected chi connectivity index (χ4v) is 3.77. The molecule has 1 rings (SSSR count). The van der Waals surface area contributed by atoms with Crippen LogP contribution < -0.4 is 5.32 Å². The fraction of sp³-hybridized carbons (Fsp3) is 1.00. The van der Waals surface area contributed by atoms with Crippen LogP contribution in [0.2, 0.25) is 0 Å². The van der Waals surface area contributed by atoms with E-state index in [4.69, 9.17) is 0 Å². The Balaban J connectivity index is 2.53. The molecular weight excluding hydrogens is 202 g/mol. The SMILES string of the molecule is CCNC(CSC)C1CCCCC1CC. The first-order chi connectivity index (χ1) is 7.33. The summed E-state index contributed by atoms with van der Waals surface area (Å²) in [5.74, 6) is 3.21. The summed E-state index contributed by atoms with van der Waals surface area (Å²) in [4.78, 5) is 0. The van der Waals surface area contributed by atoms with E-state index in [-0.39, 0.29) is 0 Å². The molecule has 0 heterocycles. The first kappa shape index (κ1) is 13.4. The molecule has 0 aromatic carbocycles. The molecule has 15 heavy (non-hydrogen) atoms. The molecule has 3 atom stereocenters. The maximum absolute atomic E-state index is 3.70. The van der Waals surface area contributed by atoms with Crippen molar-refractivity contribution in [2.75, 3.05) is 18.6 Å². The molecule has 3 unspecified atom stereocenters. The van der Waals surface area contributed by atoms with Crippen LogP contribution in [0.4, 0.5) is 0 Å². The molecule has 0 aliphatic heterocycles. The maximum Gasteiger partial charge on any atom is 0.0188 e. The molecule has 1 aliphatic carbocycles. The van der Waals surface area contributed by atoms with Crippen LogP contribution >= 0.6 is 11.8 Å². The molecule has 0 spiro atoms. The van der Waals surface area contributed by atoms with Crippen molar-refractivity contribution in [2.45, 2.75) is 52.0 Å². The highest BCUT2D eigenvalue weighted by Gasteiger charge is 2.29. The van der Waals surface area contributed by atoms with E-state index in [2.05, 4.69) is 25.4 Å². The van der Waals surface area contributed by atoms with E-state index in [0.29, 0.717) is 0 Å². The zero-order chi connectivity index (χ0) is 11.1. The zero-order valence-corrected chi connectivity index (χ0v) is 11.4. The van der Waals surface area contributed by atoms with Crippen molar-refractivity contribution in [2.24, 2.45) is 11.8 Å². The lowest BCUT2D eigenvalue weighted by atomic mass is 9.74. The highest BCUT2D eigenvalue weighted by Crippen LogP contribution is 2.35. The Labute approximate surface area is 99.8 Å². The molecule has 2 heteroatoms. The fourth-order valence-electron chi connectivity index (χ4n) is 3.05. The van der Waals surface area contributed by atoms with Gasteiger partial charge in [-0.3, -0.25) is 0 Å². The second-order valence-corrected chi connectivity index (χ2v) is 5.65. The standard InChI is InChI=1S/C13H27NS/c1-4-11-8-6-7-9-12(11)13(10-15-3)14-5-2/h11-14H,4-10H2,1-3H3. The van der Waals surface area contributed by atoms with Gasteiger partial charge in [0.05, 0.1) is 0 Å². The summed E-state index contributed by atoms with van der Waals surface area (Å²) in [6, 6.07) is 0.759. The van der Waals surface area contributed by atoms with Crippen molar-refractivity contribution in [3.8, 4) is 0 Å². The summed E-state index contributed by atoms with van der Waals surface area (Å²) in [5.41, 5.74) is 0. The van der Waals surface area contributed by atoms with Crippen LogP contribution in [0.15, 0.2) is 0 Å². The monoisotopic (exact) mass is 229 g/mol. The minimum Gasteiger partial charge on any atom is -0.313 e. The van der Waals surface area contributed by atoms with Crippen LogP contribution in [0.25, 0.3) is 0 Å². The van der Waals surface area contributed by atoms with Gasteiger partial charge in [0.25, 0.3) is 0 Å². The molecule has 1 N–H and O–H groups in total. The summed E-state index contributed by atoms with van der Waals surface area (Å²) < 4.78 is 0. The number of hydrogen-bond donors (Lipinski definition) is 1. The van der Waals surface area contributed by atoms with Crippen LogP contribution in [0.3, 0.4) is 0 Å². The van der Waals surface area contributed by atoms with Gasteiger partial charge in [-0.25, -0.2) is 0 Å². The predicted octanol–water partition coefficient (Wildman–Crippen LogP) is 3.54. The Hall–Kier alpha value is 0.310. The third kappa shape index (κ3) is 3.99. The molecule has 0 amide bonds. The third-order valence-electron chi connectivity index (χ3n) is 3.82. The Morgan fingerprint density at radius 2 is 2.00 bits per heavy atom. The average Bonchev–Trinajstić information content (AvgIpc) is 2.29. The Bertz CT molecular complexity index is 155. The van der Waals surface area contributed by atoms with Gasteiger partial charge in [0.1, 0.15) is 0 Å². The van der Waals surface area contributed by atoms with Gasteiger partial charge >= 0.3 is 0 Å². The molecule has 0 aromatic heterocycles. The Kier molecular flexibility index (Phi) is 6.74. The van der Waals surface area contributed by atoms with Crippen molar-refractivity contribution < 1.29 is 0 Å². The van der Waals surface area contributed by atoms with Gasteiger partial charge in [-0.15, -0.1) is 0 Å². The van der Waals surface area contributed by atoms with Gasteiger partial charge in [0.15, 0.2) is 0 Å². The van der Waals surface area contributed by atoms with Gasteiger partial charge in [0, 0.05) is 11.8 Å². The lowest BCUT2D eigenvalue weighted by molar-refractivity contribution is 0.186. The molecule has 1 saturated carbocycles. The molecule has 0 radical (unpaired) electrons. The number of nitrogens with one attached hydrogen (secondary N) is 1. The quantitative estimate of drug-likeness (QED) is 0.747. The molecule has 1 fully saturated rings. The van der Waals surface area contributed by atoms with Crippen molar-refractivity contribution in [3.05, 3.63) is 0 Å². The Morgan fingerprint density at radius 1 is 1.27 bits per heavy atom. The average molecular weight is 229 g/mol. The summed E-state index contributed by atoms with van der Waals surface area (Å²) in [7, 11) is 0. The van der Waals surface area contributed by atoms with Gasteiger partial charge < -0.3 is 5.32 Å². The van der Waals surface area contributed by atoms with Crippen LogP contribution in [-0.2, 0) is 0 Å². The molecule has 0 aromatic rings. The molecule has 1 nitrogen and oxygen atoms in total. The summed E-state index contributed by atoms with van der Waals surface area (Å²) >= 11 is 1.99.